The van der Waals surface area contributed by atoms with Gasteiger partial charge in [-0.1, -0.05) is 212 Å². The Bertz CT molecular complexity index is 3810. The summed E-state index contributed by atoms with van der Waals surface area (Å²) >= 11 is 0. The molecule has 0 saturated carbocycles. The van der Waals surface area contributed by atoms with Gasteiger partial charge in [-0.2, -0.15) is 0 Å². The summed E-state index contributed by atoms with van der Waals surface area (Å²) in [4.78, 5) is 4.78. The normalized spacial score (nSPS) is 11.2. The van der Waals surface area contributed by atoms with Crippen LogP contribution in [-0.4, -0.2) is 4.57 Å². The third-order valence-corrected chi connectivity index (χ3v) is 14.1. The third kappa shape index (κ3) is 8.68. The summed E-state index contributed by atoms with van der Waals surface area (Å²) < 4.78 is 2.43. The van der Waals surface area contributed by atoms with E-state index < -0.39 is 0 Å². The van der Waals surface area contributed by atoms with Gasteiger partial charge in [0, 0.05) is 39.4 Å². The van der Waals surface area contributed by atoms with Crippen molar-refractivity contribution in [3.05, 3.63) is 296 Å². The van der Waals surface area contributed by atoms with Crippen molar-refractivity contribution in [2.24, 2.45) is 0 Å². The molecule has 0 N–H and O–H groups in total. The highest BCUT2D eigenvalue weighted by molar-refractivity contribution is 6.04. The number of rotatable bonds is 12. The zero-order valence-corrected chi connectivity index (χ0v) is 41.0. The van der Waals surface area contributed by atoms with Crippen molar-refractivity contribution >= 4 is 45.2 Å². The van der Waals surface area contributed by atoms with Crippen molar-refractivity contribution in [3.8, 4) is 61.3 Å². The van der Waals surface area contributed by atoms with Gasteiger partial charge >= 0.3 is 0 Å². The largest absolute Gasteiger partial charge is 0.311 e. The first kappa shape index (κ1) is 44.7. The highest BCUT2D eigenvalue weighted by Crippen LogP contribution is 2.47. The molecule has 0 saturated heterocycles. The molecule has 73 heavy (non-hydrogen) atoms. The Morgan fingerprint density at radius 1 is 0.274 bits per heavy atom. The first-order valence-corrected chi connectivity index (χ1v) is 25.1. The average Bonchev–Trinajstić information content (AvgIpc) is 3.76. The van der Waals surface area contributed by atoms with E-state index in [0.29, 0.717) is 0 Å². The van der Waals surface area contributed by atoms with Gasteiger partial charge in [0.25, 0.3) is 0 Å². The van der Waals surface area contributed by atoms with E-state index in [0.717, 1.165) is 56.6 Å². The van der Waals surface area contributed by atoms with E-state index in [1.165, 1.54) is 61.0 Å². The fraction of sp³-hybridized carbons (Fsp3) is 0.0286. The summed E-state index contributed by atoms with van der Waals surface area (Å²) in [5.74, 6) is 1.12. The Morgan fingerprint density at radius 2 is 0.644 bits per heavy atom. The minimum Gasteiger partial charge on any atom is -0.311 e. The molecule has 12 aromatic rings. The molecule has 12 rings (SSSR count). The van der Waals surface area contributed by atoms with Crippen LogP contribution in [0.5, 0.6) is 0 Å². The number of hydrogen-bond donors (Lipinski definition) is 0. The lowest BCUT2D eigenvalue weighted by molar-refractivity contribution is 1.06. The Labute approximate surface area is 428 Å². The lowest BCUT2D eigenvalue weighted by Crippen LogP contribution is -2.16. The lowest BCUT2D eigenvalue weighted by atomic mass is 9.94. The molecular weight excluding hydrogens is 883 g/mol. The molecule has 1 aromatic heterocycles. The number of aromatic nitrogens is 1. The van der Waals surface area contributed by atoms with Gasteiger partial charge in [-0.15, -0.1) is 0 Å². The number of fused-ring (bicyclic) bond motifs is 1. The van der Waals surface area contributed by atoms with Crippen molar-refractivity contribution in [2.45, 2.75) is 13.8 Å². The maximum atomic E-state index is 2.43. The molecule has 0 fully saturated rings. The van der Waals surface area contributed by atoms with Crippen LogP contribution in [0, 0.1) is 13.8 Å². The molecule has 0 amide bonds. The number of benzene rings is 11. The predicted molar refractivity (Wildman–Crippen MR) is 309 cm³/mol. The van der Waals surface area contributed by atoms with Crippen molar-refractivity contribution in [1.29, 1.82) is 0 Å². The summed E-state index contributed by atoms with van der Waals surface area (Å²) in [6, 6.07) is 103. The van der Waals surface area contributed by atoms with Crippen molar-refractivity contribution in [3.63, 3.8) is 0 Å². The molecule has 0 atom stereocenters. The monoisotopic (exact) mass is 935 g/mol. The highest BCUT2D eigenvalue weighted by Gasteiger charge is 2.26. The molecule has 3 heteroatoms. The molecule has 0 aliphatic carbocycles. The molecule has 0 aliphatic rings. The van der Waals surface area contributed by atoms with E-state index in [1.54, 1.807) is 0 Å². The van der Waals surface area contributed by atoms with E-state index in [1.807, 2.05) is 0 Å². The van der Waals surface area contributed by atoms with Crippen LogP contribution < -0.4 is 9.80 Å². The van der Waals surface area contributed by atoms with Gasteiger partial charge in [-0.3, -0.25) is 9.47 Å². The summed E-state index contributed by atoms with van der Waals surface area (Å²) in [5, 5.41) is 1.23. The molecule has 3 nitrogen and oxygen atoms in total. The smallest absolute Gasteiger partial charge is 0.126 e. The van der Waals surface area contributed by atoms with Crippen LogP contribution in [0.3, 0.4) is 0 Å². The first-order valence-electron chi connectivity index (χ1n) is 25.1. The highest BCUT2D eigenvalue weighted by atomic mass is 15.3. The first-order chi connectivity index (χ1) is 36.1. The SMILES string of the molecule is Cc1ccccc1N(c1ccccc1)c1c(C)c2c(-c3ccc(-c4ccc(N(c5ccc(-c6ccccc6)cc5)c5ccc(-c6ccccc6-c6ccccc6)cc5)cc4)cc3)cccc2n1-c1ccccc1. The molecular formula is C70H53N3. The average molecular weight is 936 g/mol. The third-order valence-electron chi connectivity index (χ3n) is 14.1. The fourth-order valence-corrected chi connectivity index (χ4v) is 10.5. The van der Waals surface area contributed by atoms with E-state index in [4.69, 9.17) is 0 Å². The number of para-hydroxylation sites is 3. The van der Waals surface area contributed by atoms with E-state index in [-0.39, 0.29) is 0 Å². The van der Waals surface area contributed by atoms with Crippen LogP contribution in [0.1, 0.15) is 11.1 Å². The maximum Gasteiger partial charge on any atom is 0.126 e. The van der Waals surface area contributed by atoms with E-state index in [9.17, 15) is 0 Å². The minimum atomic E-state index is 1.08. The Hall–Kier alpha value is -9.44. The van der Waals surface area contributed by atoms with Crippen molar-refractivity contribution in [1.82, 2.24) is 4.57 Å². The quantitative estimate of drug-likeness (QED) is 0.121. The summed E-state index contributed by atoms with van der Waals surface area (Å²) in [5.41, 5.74) is 22.1. The van der Waals surface area contributed by atoms with Crippen LogP contribution in [-0.2, 0) is 0 Å². The van der Waals surface area contributed by atoms with Gasteiger partial charge in [0.15, 0.2) is 0 Å². The Balaban J connectivity index is 0.902. The van der Waals surface area contributed by atoms with Crippen molar-refractivity contribution in [2.75, 3.05) is 9.80 Å². The molecule has 348 valence electrons. The van der Waals surface area contributed by atoms with Crippen LogP contribution >= 0.6 is 0 Å². The second-order valence-corrected chi connectivity index (χ2v) is 18.6. The molecule has 0 spiro atoms. The van der Waals surface area contributed by atoms with Crippen LogP contribution in [0.4, 0.5) is 34.3 Å². The van der Waals surface area contributed by atoms with Gasteiger partial charge in [0.05, 0.1) is 11.2 Å². The Kier molecular flexibility index (Phi) is 12.1. The second-order valence-electron chi connectivity index (χ2n) is 18.6. The predicted octanol–water partition coefficient (Wildman–Crippen LogP) is 19.5. The minimum absolute atomic E-state index is 1.08. The van der Waals surface area contributed by atoms with Crippen LogP contribution in [0.15, 0.2) is 285 Å². The fourth-order valence-electron chi connectivity index (χ4n) is 10.5. The van der Waals surface area contributed by atoms with Gasteiger partial charge < -0.3 is 4.90 Å². The van der Waals surface area contributed by atoms with Gasteiger partial charge in [-0.05, 0) is 148 Å². The molecule has 11 aromatic carbocycles. The van der Waals surface area contributed by atoms with Gasteiger partial charge in [-0.25, -0.2) is 0 Å². The molecule has 0 aliphatic heterocycles. The number of anilines is 6. The Morgan fingerprint density at radius 3 is 1.19 bits per heavy atom. The zero-order valence-electron chi connectivity index (χ0n) is 41.0. The molecule has 0 unspecified atom stereocenters. The summed E-state index contributed by atoms with van der Waals surface area (Å²) in [7, 11) is 0. The topological polar surface area (TPSA) is 11.4 Å². The lowest BCUT2D eigenvalue weighted by Gasteiger charge is -2.29. The number of aryl methyl sites for hydroxylation is 2. The van der Waals surface area contributed by atoms with Crippen molar-refractivity contribution < 1.29 is 0 Å². The molecule has 0 bridgehead atoms. The zero-order chi connectivity index (χ0) is 49.1. The standard InChI is InChI=1S/C70H53N3/c1-50-20-15-18-32-67(50)72(59-25-11-5-12-26-59)70-51(2)69-66(31-19-33-68(69)73(70)60-27-13-6-14-28-60)58-36-34-53(35-37-58)55-40-46-62(47-41-55)71(61-44-38-54(39-45-61)52-21-7-3-8-22-52)63-48-42-57(43-49-63)65-30-17-16-29-64(65)56-23-9-4-10-24-56/h3-49H,1-2H3. The number of nitrogens with zero attached hydrogens (tertiary/aromatic N) is 3. The molecule has 1 heterocycles. The number of hydrogen-bond acceptors (Lipinski definition) is 2. The van der Waals surface area contributed by atoms with Gasteiger partial charge in [0.2, 0.25) is 0 Å². The van der Waals surface area contributed by atoms with E-state index >= 15 is 0 Å². The van der Waals surface area contributed by atoms with Gasteiger partial charge in [0.1, 0.15) is 5.82 Å². The van der Waals surface area contributed by atoms with Crippen LogP contribution in [0.25, 0.3) is 72.2 Å². The maximum absolute atomic E-state index is 2.43. The second kappa shape index (κ2) is 19.8. The molecule has 0 radical (unpaired) electrons. The summed E-state index contributed by atoms with van der Waals surface area (Å²) in [6.07, 6.45) is 0. The summed E-state index contributed by atoms with van der Waals surface area (Å²) in [6.45, 7) is 4.48. The van der Waals surface area contributed by atoms with E-state index in [2.05, 4.69) is 313 Å². The van der Waals surface area contributed by atoms with Crippen LogP contribution in [0.2, 0.25) is 0 Å².